The van der Waals surface area contributed by atoms with Crippen molar-refractivity contribution in [3.05, 3.63) is 323 Å². The normalized spacial score (nSPS) is 13.4. The van der Waals surface area contributed by atoms with Crippen LogP contribution in [0.4, 0.5) is 0 Å². The van der Waals surface area contributed by atoms with Crippen LogP contribution in [0.5, 0.6) is 0 Å². The largest absolute Gasteiger partial charge is 0.555 e. The second-order valence-corrected chi connectivity index (χ2v) is 21.9. The number of carbonyl (C=O) groups excluding carboxylic acids is 1. The van der Waals surface area contributed by atoms with Crippen molar-refractivity contribution in [3.8, 4) is 0 Å². The standard InChI is InChI=1S/C18H19BNO2.C17H19BNO2.C17H17BNO2.C16H19NO.C9H13NO.2CH4/c1-3-7-15(8-4-1)11-17(18-13-21-18)20-14-22-19-12-16-9-5-2-6-10-16;2*20-13-17(11-15-7-3-1-4-8-15)19-14-21-18-12-16-9-5-2-6-10-16;18-13-16(11-14-7-3-1-4-8-14)17-12-15-9-5-2-6-10-15;10-9(7-11)6-8-4-2-1-3-5-8;;/h1-10,14,17-18H,11-13H2;1-10,14,17,20H,11-13H2;1-10,13-14,17H,11-12H2;1-10,16-18H,11-13H2;1-5,9,11H,6-7,10H2;2*1H4/t17-,18+;2*17-;16-;9-;;/m00000../s1. The maximum atomic E-state index is 11.0. The minimum Gasteiger partial charge on any atom is -0.555 e. The second-order valence-electron chi connectivity index (χ2n) is 21.9. The number of aliphatic imine (C=N–C) groups is 3. The second kappa shape index (κ2) is 50.5. The summed E-state index contributed by atoms with van der Waals surface area (Å²) in [5.41, 5.74) is 16.3. The van der Waals surface area contributed by atoms with Crippen molar-refractivity contribution < 1.29 is 38.8 Å². The lowest BCUT2D eigenvalue weighted by molar-refractivity contribution is -0.108. The molecule has 13 nitrogen and oxygen atoms in total. The lowest BCUT2D eigenvalue weighted by Crippen LogP contribution is -2.33. The van der Waals surface area contributed by atoms with Gasteiger partial charge in [0.2, 0.25) is 0 Å². The first-order valence-electron chi connectivity index (χ1n) is 31.6. The summed E-state index contributed by atoms with van der Waals surface area (Å²) in [5.74, 6) is 0. The number of hydrogen-bond acceptors (Lipinski definition) is 13. The molecular formula is C79H95B3N5O8. The molecule has 0 bridgehead atoms. The molecule has 95 heavy (non-hydrogen) atoms. The van der Waals surface area contributed by atoms with Crippen molar-refractivity contribution >= 4 is 47.9 Å². The number of carbonyl (C=O) groups is 1. The summed E-state index contributed by atoms with van der Waals surface area (Å²) in [6.45, 7) is 1.80. The Morgan fingerprint density at radius 2 is 0.747 bits per heavy atom. The van der Waals surface area contributed by atoms with Gasteiger partial charge in [0, 0.05) is 25.0 Å². The highest BCUT2D eigenvalue weighted by molar-refractivity contribution is 6.29. The Morgan fingerprint density at radius 3 is 1.11 bits per heavy atom. The lowest BCUT2D eigenvalue weighted by Gasteiger charge is -2.16. The van der Waals surface area contributed by atoms with E-state index in [1.807, 2.05) is 224 Å². The van der Waals surface area contributed by atoms with Crippen LogP contribution in [0.3, 0.4) is 0 Å². The smallest absolute Gasteiger partial charge is 0.375 e. The molecule has 9 aromatic carbocycles. The van der Waals surface area contributed by atoms with Crippen molar-refractivity contribution in [3.63, 3.8) is 0 Å². The Labute approximate surface area is 568 Å². The van der Waals surface area contributed by atoms with E-state index in [0.29, 0.717) is 19.2 Å². The van der Waals surface area contributed by atoms with Crippen LogP contribution in [-0.4, -0.2) is 126 Å². The number of benzene rings is 9. The molecule has 493 valence electrons. The quantitative estimate of drug-likeness (QED) is 0.00660. The highest BCUT2D eigenvalue weighted by atomic mass is 16.6. The van der Waals surface area contributed by atoms with E-state index in [1.54, 1.807) is 22.4 Å². The van der Waals surface area contributed by atoms with Gasteiger partial charge in [-0.1, -0.05) is 305 Å². The molecule has 1 aliphatic heterocycles. The summed E-state index contributed by atoms with van der Waals surface area (Å²) in [7, 11) is 5.14. The minimum atomic E-state index is -0.405. The van der Waals surface area contributed by atoms with E-state index < -0.39 is 6.04 Å². The fourth-order valence-electron chi connectivity index (χ4n) is 9.15. The number of aldehydes is 1. The molecule has 3 radical (unpaired) electrons. The first kappa shape index (κ1) is 78.5. The molecule has 16 heteroatoms. The zero-order valence-electron chi connectivity index (χ0n) is 53.0. The molecule has 9 aromatic rings. The molecular weight excluding hydrogens is 1180 g/mol. The van der Waals surface area contributed by atoms with Crippen molar-refractivity contribution in [1.82, 2.24) is 5.32 Å². The van der Waals surface area contributed by atoms with E-state index in [9.17, 15) is 15.0 Å². The number of ether oxygens (including phenoxy) is 1. The molecule has 1 heterocycles. The van der Waals surface area contributed by atoms with E-state index >= 15 is 0 Å². The summed E-state index contributed by atoms with van der Waals surface area (Å²) in [4.78, 5) is 23.9. The van der Waals surface area contributed by atoms with Gasteiger partial charge in [0.25, 0.3) is 0 Å². The summed E-state index contributed by atoms with van der Waals surface area (Å²) < 4.78 is 21.3. The van der Waals surface area contributed by atoms with Crippen LogP contribution in [0, 0.1) is 0 Å². The van der Waals surface area contributed by atoms with Crippen LogP contribution in [-0.2, 0) is 81.1 Å². The Kier molecular flexibility index (Phi) is 41.7. The third kappa shape index (κ3) is 36.3. The highest BCUT2D eigenvalue weighted by Gasteiger charge is 2.32. The number of hydrogen-bond donors (Lipinski definition) is 5. The van der Waals surface area contributed by atoms with E-state index in [4.69, 9.17) is 29.5 Å². The summed E-state index contributed by atoms with van der Waals surface area (Å²) in [6.07, 6.45) is 11.3. The van der Waals surface area contributed by atoms with Gasteiger partial charge < -0.3 is 49.9 Å². The third-order valence-corrected chi connectivity index (χ3v) is 14.3. The average Bonchev–Trinajstić information content (AvgIpc) is 3.33. The summed E-state index contributed by atoms with van der Waals surface area (Å²) in [6, 6.07) is 90.4. The number of aliphatic hydroxyl groups is 3. The first-order chi connectivity index (χ1) is 45.9. The predicted octanol–water partition coefficient (Wildman–Crippen LogP) is 12.2. The fraction of sp³-hybridized carbons (Fsp3) is 0.266. The van der Waals surface area contributed by atoms with Crippen LogP contribution in [0.25, 0.3) is 0 Å². The van der Waals surface area contributed by atoms with Crippen LogP contribution in [0.1, 0.15) is 64.9 Å². The molecule has 1 fully saturated rings. The van der Waals surface area contributed by atoms with Crippen LogP contribution in [0.2, 0.25) is 0 Å². The average molecular weight is 1280 g/mol. The van der Waals surface area contributed by atoms with Crippen LogP contribution < -0.4 is 11.1 Å². The molecule has 0 spiro atoms. The number of nitrogens with zero attached hydrogens (tertiary/aromatic N) is 3. The van der Waals surface area contributed by atoms with Crippen LogP contribution in [0.15, 0.2) is 288 Å². The molecule has 6 atom stereocenters. The van der Waals surface area contributed by atoms with Gasteiger partial charge >= 0.3 is 22.4 Å². The zero-order valence-corrected chi connectivity index (χ0v) is 53.0. The maximum absolute atomic E-state index is 11.0. The number of nitrogens with one attached hydrogen (secondary N) is 1. The Bertz CT molecular complexity index is 3340. The lowest BCUT2D eigenvalue weighted by atomic mass is 9.90. The van der Waals surface area contributed by atoms with Gasteiger partial charge in [0.1, 0.15) is 18.4 Å². The Morgan fingerprint density at radius 1 is 0.421 bits per heavy atom. The minimum absolute atomic E-state index is 0. The molecule has 0 aromatic heterocycles. The van der Waals surface area contributed by atoms with Gasteiger partial charge in [-0.05, 0) is 78.0 Å². The van der Waals surface area contributed by atoms with Gasteiger partial charge in [-0.25, -0.2) is 4.99 Å². The van der Waals surface area contributed by atoms with E-state index in [0.717, 1.165) is 62.5 Å². The Hall–Kier alpha value is -8.99. The number of epoxide rings is 1. The van der Waals surface area contributed by atoms with E-state index in [-0.39, 0.29) is 64.9 Å². The molecule has 0 saturated carbocycles. The summed E-state index contributed by atoms with van der Waals surface area (Å²) >= 11 is 0. The molecule has 6 N–H and O–H groups in total. The molecule has 10 rings (SSSR count). The topological polar surface area (TPSA) is 193 Å². The van der Waals surface area contributed by atoms with Gasteiger partial charge in [-0.3, -0.25) is 9.98 Å². The summed E-state index contributed by atoms with van der Waals surface area (Å²) in [5, 5.41) is 30.8. The van der Waals surface area contributed by atoms with Gasteiger partial charge in [-0.15, -0.1) is 0 Å². The van der Waals surface area contributed by atoms with Crippen molar-refractivity contribution in [2.45, 2.75) is 109 Å². The molecule has 0 amide bonds. The molecule has 1 aliphatic rings. The van der Waals surface area contributed by atoms with Crippen molar-refractivity contribution in [2.75, 3.05) is 26.4 Å². The number of aliphatic hydroxyl groups excluding tert-OH is 3. The SMILES string of the molecule is C.C.N[C@H](CO)Cc1ccccc1.O=C[C@H](Cc1ccccc1)N=CO[B]Cc1ccccc1.OC[C@H](Cc1ccccc1)N=CO[B]Cc1ccccc1.OC[C@H](Cc1ccccc1)NCc1ccccc1.[B](Cc1ccccc1)OC=N[C@@H](Cc1ccccc1)[C@H]1CO1. The number of rotatable bonds is 33. The first-order valence-corrected chi connectivity index (χ1v) is 31.6. The number of nitrogens with two attached hydrogens (primary N) is 1. The van der Waals surface area contributed by atoms with Crippen molar-refractivity contribution in [2.24, 2.45) is 20.7 Å². The van der Waals surface area contributed by atoms with E-state index in [2.05, 4.69) is 68.8 Å². The zero-order chi connectivity index (χ0) is 65.3. The third-order valence-electron chi connectivity index (χ3n) is 14.3. The van der Waals surface area contributed by atoms with Crippen LogP contribution >= 0.6 is 0 Å². The maximum Gasteiger partial charge on any atom is 0.375 e. The van der Waals surface area contributed by atoms with E-state index in [1.165, 1.54) is 58.1 Å². The van der Waals surface area contributed by atoms with Crippen molar-refractivity contribution in [1.29, 1.82) is 0 Å². The van der Waals surface area contributed by atoms with Gasteiger partial charge in [-0.2, -0.15) is 0 Å². The fourth-order valence-corrected chi connectivity index (χ4v) is 9.15. The van der Waals surface area contributed by atoms with Gasteiger partial charge in [0.05, 0.1) is 38.5 Å². The van der Waals surface area contributed by atoms with Gasteiger partial charge in [0.15, 0.2) is 19.2 Å². The Balaban J connectivity index is 0.000000255. The molecule has 1 saturated heterocycles. The highest BCUT2D eigenvalue weighted by Crippen LogP contribution is 2.21. The monoisotopic (exact) mass is 1270 g/mol. The predicted molar refractivity (Wildman–Crippen MR) is 394 cm³/mol. The molecule has 0 aliphatic carbocycles. The molecule has 0 unspecified atom stereocenters.